The number of carbonyl (C=O) groups excluding carboxylic acids is 1. The van der Waals surface area contributed by atoms with Gasteiger partial charge in [0.1, 0.15) is 0 Å². The molecule has 0 bridgehead atoms. The van der Waals surface area contributed by atoms with Crippen molar-refractivity contribution in [1.29, 1.82) is 0 Å². The van der Waals surface area contributed by atoms with Crippen LogP contribution in [0, 0.1) is 0 Å². The third-order valence-electron chi connectivity index (χ3n) is 0.382. The molecule has 0 aliphatic heterocycles. The molecule has 5 heteroatoms. The molecule has 0 unspecified atom stereocenters. The Morgan fingerprint density at radius 3 is 2.38 bits per heavy atom. The Bertz CT molecular complexity index is 116. The fourth-order valence-electron chi connectivity index (χ4n) is 0.187. The number of carbonyl (C=O) groups is 1. The zero-order chi connectivity index (χ0) is 6.57. The molecule has 0 spiro atoms. The number of rotatable bonds is 0. The number of amides is 1. The molecule has 0 heterocycles. The van der Waals surface area contributed by atoms with Gasteiger partial charge in [-0.3, -0.25) is 0 Å². The zero-order valence-electron chi connectivity index (χ0n) is 4.79. The van der Waals surface area contributed by atoms with Gasteiger partial charge in [-0.05, 0) is 0 Å². The average molecular weight is 118 g/mol. The van der Waals surface area contributed by atoms with Gasteiger partial charge in [0.2, 0.25) is 0 Å². The molecule has 0 saturated carbocycles. The van der Waals surface area contributed by atoms with E-state index in [0.29, 0.717) is 0 Å². The van der Waals surface area contributed by atoms with Crippen LogP contribution in [0.1, 0.15) is 0 Å². The Labute approximate surface area is 46.7 Å². The Hall–Kier alpha value is -0.970. The summed E-state index contributed by atoms with van der Waals surface area (Å²) in [5.74, 6) is 4.45. The van der Waals surface area contributed by atoms with Gasteiger partial charge in [0, 0.05) is 0 Å². The lowest BCUT2D eigenvalue weighted by atomic mass is 11.2. The summed E-state index contributed by atoms with van der Waals surface area (Å²) >= 11 is 0. The molecular weight excluding hydrogens is 110 g/mol. The van der Waals surface area contributed by atoms with E-state index in [9.17, 15) is 4.79 Å². The molecule has 2 N–H and O–H groups in total. The van der Waals surface area contributed by atoms with Crippen LogP contribution in [0.2, 0.25) is 0 Å². The zero-order valence-corrected chi connectivity index (χ0v) is 4.79. The molecule has 0 aromatic rings. The molecule has 0 fully saturated rings. The van der Waals surface area contributed by atoms with Crippen molar-refractivity contribution in [3.63, 3.8) is 0 Å². The van der Waals surface area contributed by atoms with Crippen LogP contribution in [0.5, 0.6) is 0 Å². The minimum Gasteiger partial charge on any atom is -0.352 e. The highest BCUT2D eigenvalue weighted by molar-refractivity contribution is 5.66. The first kappa shape index (κ1) is 7.03. The quantitative estimate of drug-likeness (QED) is 0.270. The van der Waals surface area contributed by atoms with Crippen molar-refractivity contribution >= 4 is 6.09 Å². The molecule has 0 rings (SSSR count). The van der Waals surface area contributed by atoms with Gasteiger partial charge in [0.05, 0.1) is 5.11 Å². The van der Waals surface area contributed by atoms with Gasteiger partial charge in [-0.1, -0.05) is 0 Å². The molecule has 0 aromatic heterocycles. The second-order valence-corrected chi connectivity index (χ2v) is 1.33. The maximum atomic E-state index is 10.1. The van der Waals surface area contributed by atoms with E-state index in [2.05, 4.69) is 15.8 Å². The number of hydrogen-bond acceptors (Lipinski definition) is 3. The highest BCUT2D eigenvalue weighted by Crippen LogP contribution is 1.74. The van der Waals surface area contributed by atoms with Crippen LogP contribution in [-0.2, 0) is 4.84 Å². The Kier molecular flexibility index (Phi) is 2.71. The van der Waals surface area contributed by atoms with Crippen molar-refractivity contribution < 1.29 is 14.3 Å². The molecule has 8 heavy (non-hydrogen) atoms. The summed E-state index contributed by atoms with van der Waals surface area (Å²) in [6.07, 6.45) is -0.796. The van der Waals surface area contributed by atoms with Crippen molar-refractivity contribution in [1.82, 2.24) is 0 Å². The number of nitrogens with two attached hydrogens (primary N) is 1. The third-order valence-corrected chi connectivity index (χ3v) is 0.382. The summed E-state index contributed by atoms with van der Waals surface area (Å²) in [6.45, 7) is 0. The van der Waals surface area contributed by atoms with Gasteiger partial charge in [-0.25, -0.2) is 4.79 Å². The van der Waals surface area contributed by atoms with Crippen molar-refractivity contribution in [3.8, 4) is 0 Å². The molecule has 0 aliphatic carbocycles. The normalized spacial score (nSPS) is 7.88. The van der Waals surface area contributed by atoms with Gasteiger partial charge >= 0.3 is 6.09 Å². The van der Waals surface area contributed by atoms with E-state index < -0.39 is 6.09 Å². The molecule has 0 atom stereocenters. The third kappa shape index (κ3) is 3.23. The maximum Gasteiger partial charge on any atom is 0.508 e. The van der Waals surface area contributed by atoms with Crippen molar-refractivity contribution in [2.75, 3.05) is 14.1 Å². The number of hydrogen-bond donors (Lipinski definition) is 1. The highest BCUT2D eigenvalue weighted by Gasteiger charge is 1.99. The molecule has 1 amide bonds. The largest absolute Gasteiger partial charge is 0.508 e. The fraction of sp³-hybridized carbons (Fsp3) is 0.667. The maximum absolute atomic E-state index is 10.1. The smallest absolute Gasteiger partial charge is 0.352 e. The van der Waals surface area contributed by atoms with E-state index in [-0.39, 0.29) is 0 Å². The second kappa shape index (κ2) is 3.09. The second-order valence-electron chi connectivity index (χ2n) is 1.33. The fourth-order valence-corrected chi connectivity index (χ4v) is 0.187. The summed E-state index contributed by atoms with van der Waals surface area (Å²) in [7, 11) is 3.19. The van der Waals surface area contributed by atoms with E-state index in [0.717, 1.165) is 0 Å². The predicted octanol–water partition coefficient (Wildman–Crippen LogP) is -0.279. The molecule has 0 aromatic carbocycles. The summed E-state index contributed by atoms with van der Waals surface area (Å²) in [6, 6.07) is 0. The van der Waals surface area contributed by atoms with Crippen LogP contribution < -0.4 is 5.90 Å². The van der Waals surface area contributed by atoms with E-state index >= 15 is 0 Å². The Morgan fingerprint density at radius 2 is 2.25 bits per heavy atom. The Morgan fingerprint density at radius 1 is 1.75 bits per heavy atom. The van der Waals surface area contributed by atoms with Crippen LogP contribution in [0.3, 0.4) is 0 Å². The van der Waals surface area contributed by atoms with E-state index in [1.54, 1.807) is 14.1 Å². The van der Waals surface area contributed by atoms with Crippen LogP contribution in [0.25, 0.3) is 0 Å². The topological polar surface area (TPSA) is 67.7 Å². The molecular formula is C3H8N3O2+. The van der Waals surface area contributed by atoms with Gasteiger partial charge in [0.15, 0.2) is 14.1 Å². The van der Waals surface area contributed by atoms with Gasteiger partial charge in [0.25, 0.3) is 0 Å². The molecule has 5 nitrogen and oxygen atoms in total. The SMILES string of the molecule is C[N+](C)=NC(=O)ON. The van der Waals surface area contributed by atoms with Crippen molar-refractivity contribution in [2.24, 2.45) is 11.0 Å². The van der Waals surface area contributed by atoms with Crippen LogP contribution in [-0.4, -0.2) is 24.9 Å². The van der Waals surface area contributed by atoms with Crippen molar-refractivity contribution in [2.45, 2.75) is 0 Å². The van der Waals surface area contributed by atoms with Gasteiger partial charge in [-0.2, -0.15) is 5.90 Å². The van der Waals surface area contributed by atoms with Crippen LogP contribution in [0.15, 0.2) is 5.11 Å². The van der Waals surface area contributed by atoms with Gasteiger partial charge < -0.3 is 4.84 Å². The first-order valence-corrected chi connectivity index (χ1v) is 1.96. The lowest BCUT2D eigenvalue weighted by Crippen LogP contribution is -2.08. The van der Waals surface area contributed by atoms with Gasteiger partial charge in [-0.15, -0.1) is 4.70 Å². The molecule has 0 radical (unpaired) electrons. The first-order valence-electron chi connectivity index (χ1n) is 1.96. The lowest BCUT2D eigenvalue weighted by Gasteiger charge is -1.82. The standard InChI is InChI=1S/C3H8N3O2/c1-6(2)5-3(7)8-4/h4H2,1-2H3/q+1. The minimum atomic E-state index is -0.796. The summed E-state index contributed by atoms with van der Waals surface area (Å²) in [5, 5.41) is 3.24. The van der Waals surface area contributed by atoms with E-state index in [1.807, 2.05) is 0 Å². The van der Waals surface area contributed by atoms with Crippen LogP contribution >= 0.6 is 0 Å². The number of nitrogens with zero attached hydrogens (tertiary/aromatic N) is 2. The summed E-state index contributed by atoms with van der Waals surface area (Å²) in [4.78, 5) is 13.8. The highest BCUT2D eigenvalue weighted by atomic mass is 16.7. The summed E-state index contributed by atoms with van der Waals surface area (Å²) in [5.41, 5.74) is 0. The molecule has 0 saturated heterocycles. The summed E-state index contributed by atoms with van der Waals surface area (Å²) < 4.78 is 1.30. The average Bonchev–Trinajstić information content (AvgIpc) is 1.65. The first-order chi connectivity index (χ1) is 3.66. The molecule has 46 valence electrons. The molecule has 0 aliphatic rings. The lowest BCUT2D eigenvalue weighted by molar-refractivity contribution is -0.532. The minimum absolute atomic E-state index is 0.796. The van der Waals surface area contributed by atoms with Crippen LogP contribution in [0.4, 0.5) is 4.79 Å². The van der Waals surface area contributed by atoms with E-state index in [1.165, 1.54) is 4.70 Å². The van der Waals surface area contributed by atoms with E-state index in [4.69, 9.17) is 0 Å². The Balaban J connectivity index is 3.70. The van der Waals surface area contributed by atoms with Crippen molar-refractivity contribution in [3.05, 3.63) is 0 Å². The number of azo groups is 2. The predicted molar refractivity (Wildman–Crippen MR) is 25.2 cm³/mol. The monoisotopic (exact) mass is 118 g/mol.